The summed E-state index contributed by atoms with van der Waals surface area (Å²) in [6, 6.07) is 0.670. The van der Waals surface area contributed by atoms with Crippen LogP contribution in [0.25, 0.3) is 0 Å². The van der Waals surface area contributed by atoms with Gasteiger partial charge >= 0.3 is 12.0 Å². The van der Waals surface area contributed by atoms with Crippen LogP contribution in [0.15, 0.2) is 11.4 Å². The molecule has 0 bridgehead atoms. The Labute approximate surface area is 122 Å². The number of thiophene rings is 1. The molecule has 1 aliphatic heterocycles. The van der Waals surface area contributed by atoms with Crippen molar-refractivity contribution in [3.8, 4) is 0 Å². The predicted molar refractivity (Wildman–Crippen MR) is 78.0 cm³/mol. The summed E-state index contributed by atoms with van der Waals surface area (Å²) in [5.41, 5.74) is 0.757. The number of fused-ring (bicyclic) bond motifs is 1. The molecule has 2 unspecified atom stereocenters. The zero-order chi connectivity index (χ0) is 14.7. The maximum atomic E-state index is 12.2. The number of urea groups is 1. The van der Waals surface area contributed by atoms with E-state index in [0.717, 1.165) is 23.3 Å². The van der Waals surface area contributed by atoms with Crippen molar-refractivity contribution in [2.45, 2.75) is 32.7 Å². The summed E-state index contributed by atoms with van der Waals surface area (Å²) in [5.74, 6) is -0.577. The van der Waals surface area contributed by atoms with Crippen LogP contribution in [-0.2, 0) is 11.2 Å². The molecule has 6 heteroatoms. The van der Waals surface area contributed by atoms with Gasteiger partial charge in [-0.2, -0.15) is 0 Å². The number of carbonyl (C=O) groups excluding carboxylic acids is 1. The maximum Gasteiger partial charge on any atom is 0.331 e. The van der Waals surface area contributed by atoms with Gasteiger partial charge in [-0.25, -0.2) is 9.59 Å². The van der Waals surface area contributed by atoms with Gasteiger partial charge in [0.05, 0.1) is 0 Å². The van der Waals surface area contributed by atoms with E-state index in [2.05, 4.69) is 19.2 Å². The Morgan fingerprint density at radius 2 is 2.35 bits per heavy atom. The molecule has 0 spiro atoms. The lowest BCUT2D eigenvalue weighted by Crippen LogP contribution is -2.48. The monoisotopic (exact) mass is 296 g/mol. The molecule has 0 radical (unpaired) electrons. The van der Waals surface area contributed by atoms with Crippen LogP contribution in [0.2, 0.25) is 0 Å². The fraction of sp³-hybridized carbons (Fsp3) is 0.571. The number of hydrogen-bond acceptors (Lipinski definition) is 3. The first kappa shape index (κ1) is 14.8. The molecule has 0 aromatic carbocycles. The lowest BCUT2D eigenvalue weighted by molar-refractivity contribution is -0.142. The summed E-state index contributed by atoms with van der Waals surface area (Å²) in [5, 5.41) is 14.2. The average molecular weight is 296 g/mol. The van der Waals surface area contributed by atoms with Crippen LogP contribution in [0.4, 0.5) is 4.79 Å². The third-order valence-electron chi connectivity index (χ3n) is 3.76. The van der Waals surface area contributed by atoms with Gasteiger partial charge in [0, 0.05) is 18.0 Å². The number of amides is 2. The SMILES string of the molecule is CCC(C)CNC(=O)N1CCc2sccc2C1C(=O)O. The first-order chi connectivity index (χ1) is 9.54. The Kier molecular flexibility index (Phi) is 4.65. The summed E-state index contributed by atoms with van der Waals surface area (Å²) in [4.78, 5) is 26.2. The van der Waals surface area contributed by atoms with Gasteiger partial charge in [0.15, 0.2) is 6.04 Å². The predicted octanol–water partition coefficient (Wildman–Crippen LogP) is 2.49. The second-order valence-electron chi connectivity index (χ2n) is 5.18. The van der Waals surface area contributed by atoms with E-state index in [1.165, 1.54) is 4.90 Å². The van der Waals surface area contributed by atoms with Crippen LogP contribution < -0.4 is 5.32 Å². The van der Waals surface area contributed by atoms with Crippen LogP contribution in [0.3, 0.4) is 0 Å². The molecule has 2 atom stereocenters. The van der Waals surface area contributed by atoms with Crippen molar-refractivity contribution >= 4 is 23.3 Å². The minimum absolute atomic E-state index is 0.283. The molecule has 2 amide bonds. The second kappa shape index (κ2) is 6.26. The summed E-state index contributed by atoms with van der Waals surface area (Å²) in [7, 11) is 0. The van der Waals surface area contributed by atoms with Crippen molar-refractivity contribution in [2.75, 3.05) is 13.1 Å². The highest BCUT2D eigenvalue weighted by molar-refractivity contribution is 7.10. The molecule has 110 valence electrons. The molecular formula is C14H20N2O3S. The molecule has 2 rings (SSSR count). The number of nitrogens with one attached hydrogen (secondary N) is 1. The second-order valence-corrected chi connectivity index (χ2v) is 6.18. The number of carboxylic acid groups (broad SMARTS) is 1. The number of carboxylic acids is 1. The Morgan fingerprint density at radius 3 is 3.00 bits per heavy atom. The maximum absolute atomic E-state index is 12.2. The topological polar surface area (TPSA) is 69.6 Å². The van der Waals surface area contributed by atoms with Gasteiger partial charge in [-0.1, -0.05) is 20.3 Å². The van der Waals surface area contributed by atoms with Gasteiger partial charge in [-0.3, -0.25) is 0 Å². The number of carbonyl (C=O) groups is 2. The molecule has 20 heavy (non-hydrogen) atoms. The van der Waals surface area contributed by atoms with Crippen molar-refractivity contribution in [2.24, 2.45) is 5.92 Å². The number of rotatable bonds is 4. The largest absolute Gasteiger partial charge is 0.479 e. The fourth-order valence-electron chi connectivity index (χ4n) is 2.31. The van der Waals surface area contributed by atoms with Crippen LogP contribution in [0.1, 0.15) is 36.8 Å². The van der Waals surface area contributed by atoms with Gasteiger partial charge in [-0.15, -0.1) is 11.3 Å². The first-order valence-corrected chi connectivity index (χ1v) is 7.76. The van der Waals surface area contributed by atoms with Crippen molar-refractivity contribution in [3.63, 3.8) is 0 Å². The van der Waals surface area contributed by atoms with Crippen LogP contribution in [0, 0.1) is 5.92 Å². The molecular weight excluding hydrogens is 276 g/mol. The normalized spacial score (nSPS) is 19.3. The van der Waals surface area contributed by atoms with Crippen molar-refractivity contribution in [1.29, 1.82) is 0 Å². The van der Waals surface area contributed by atoms with E-state index >= 15 is 0 Å². The highest BCUT2D eigenvalue weighted by Gasteiger charge is 2.36. The fourth-order valence-corrected chi connectivity index (χ4v) is 3.21. The quantitative estimate of drug-likeness (QED) is 0.897. The Bertz CT molecular complexity index is 500. The number of hydrogen-bond donors (Lipinski definition) is 2. The van der Waals surface area contributed by atoms with Gasteiger partial charge in [0.1, 0.15) is 0 Å². The zero-order valence-corrected chi connectivity index (χ0v) is 12.6. The molecule has 0 fully saturated rings. The standard InChI is InChI=1S/C14H20N2O3S/c1-3-9(2)8-15-14(19)16-6-4-11-10(5-7-20-11)12(16)13(17)18/h5,7,9,12H,3-4,6,8H2,1-2H3,(H,15,19)(H,17,18). The van der Waals surface area contributed by atoms with Gasteiger partial charge in [-0.05, 0) is 29.3 Å². The van der Waals surface area contributed by atoms with Crippen LogP contribution in [-0.4, -0.2) is 35.1 Å². The van der Waals surface area contributed by atoms with E-state index in [9.17, 15) is 14.7 Å². The van der Waals surface area contributed by atoms with E-state index in [4.69, 9.17) is 0 Å². The van der Waals surface area contributed by atoms with E-state index in [0.29, 0.717) is 19.0 Å². The lowest BCUT2D eigenvalue weighted by atomic mass is 10.0. The van der Waals surface area contributed by atoms with Crippen molar-refractivity contribution in [3.05, 3.63) is 21.9 Å². The minimum atomic E-state index is -0.969. The van der Waals surface area contributed by atoms with E-state index in [1.807, 2.05) is 11.4 Å². The molecule has 0 saturated heterocycles. The zero-order valence-electron chi connectivity index (χ0n) is 11.8. The van der Waals surface area contributed by atoms with Gasteiger partial charge in [0.25, 0.3) is 0 Å². The molecule has 2 heterocycles. The van der Waals surface area contributed by atoms with Gasteiger partial charge < -0.3 is 15.3 Å². The molecule has 1 aromatic heterocycles. The number of nitrogens with zero attached hydrogens (tertiary/aromatic N) is 1. The van der Waals surface area contributed by atoms with Crippen LogP contribution >= 0.6 is 11.3 Å². The summed E-state index contributed by atoms with van der Waals surface area (Å²) < 4.78 is 0. The Balaban J connectivity index is 2.11. The Morgan fingerprint density at radius 1 is 1.60 bits per heavy atom. The summed E-state index contributed by atoms with van der Waals surface area (Å²) in [6.45, 7) is 5.16. The van der Waals surface area contributed by atoms with Crippen molar-refractivity contribution < 1.29 is 14.7 Å². The molecule has 0 saturated carbocycles. The molecule has 5 nitrogen and oxygen atoms in total. The number of aliphatic carboxylic acids is 1. The van der Waals surface area contributed by atoms with Gasteiger partial charge in [0.2, 0.25) is 0 Å². The summed E-state index contributed by atoms with van der Waals surface area (Å²) in [6.07, 6.45) is 1.71. The summed E-state index contributed by atoms with van der Waals surface area (Å²) >= 11 is 1.56. The molecule has 1 aliphatic rings. The van der Waals surface area contributed by atoms with E-state index in [1.54, 1.807) is 11.3 Å². The minimum Gasteiger partial charge on any atom is -0.479 e. The third kappa shape index (κ3) is 2.95. The average Bonchev–Trinajstić information content (AvgIpc) is 2.90. The lowest BCUT2D eigenvalue weighted by Gasteiger charge is -2.33. The Hall–Kier alpha value is -1.56. The van der Waals surface area contributed by atoms with Crippen molar-refractivity contribution in [1.82, 2.24) is 10.2 Å². The van der Waals surface area contributed by atoms with Crippen LogP contribution in [0.5, 0.6) is 0 Å². The third-order valence-corrected chi connectivity index (χ3v) is 4.76. The smallest absolute Gasteiger partial charge is 0.331 e. The van der Waals surface area contributed by atoms with E-state index < -0.39 is 12.0 Å². The highest BCUT2D eigenvalue weighted by Crippen LogP contribution is 2.33. The van der Waals surface area contributed by atoms with E-state index in [-0.39, 0.29) is 6.03 Å². The molecule has 2 N–H and O–H groups in total. The molecule has 0 aliphatic carbocycles. The molecule has 1 aromatic rings. The highest BCUT2D eigenvalue weighted by atomic mass is 32.1. The first-order valence-electron chi connectivity index (χ1n) is 6.88.